The largest absolute Gasteiger partial charge is 0.373 e. The molecule has 1 aromatic heterocycles. The van der Waals surface area contributed by atoms with Crippen molar-refractivity contribution in [2.75, 3.05) is 14.2 Å². The highest BCUT2D eigenvalue weighted by Gasteiger charge is 2.17. The van der Waals surface area contributed by atoms with Gasteiger partial charge in [-0.2, -0.15) is 4.98 Å². The summed E-state index contributed by atoms with van der Waals surface area (Å²) in [4.78, 5) is 4.35. The highest BCUT2D eigenvalue weighted by molar-refractivity contribution is 4.92. The number of aromatic nitrogens is 2. The van der Waals surface area contributed by atoms with Crippen molar-refractivity contribution < 1.29 is 9.26 Å². The van der Waals surface area contributed by atoms with E-state index in [0.717, 1.165) is 19.3 Å². The molecule has 0 amide bonds. The lowest BCUT2D eigenvalue weighted by Crippen LogP contribution is -2.26. The van der Waals surface area contributed by atoms with E-state index in [0.29, 0.717) is 17.8 Å². The van der Waals surface area contributed by atoms with Gasteiger partial charge in [-0.15, -0.1) is 0 Å². The Morgan fingerprint density at radius 3 is 2.62 bits per heavy atom. The summed E-state index contributed by atoms with van der Waals surface area (Å²) >= 11 is 0. The van der Waals surface area contributed by atoms with E-state index in [-0.39, 0.29) is 6.10 Å². The van der Waals surface area contributed by atoms with Gasteiger partial charge in [0.2, 0.25) is 11.7 Å². The van der Waals surface area contributed by atoms with E-state index in [4.69, 9.17) is 9.26 Å². The second-order valence-electron chi connectivity index (χ2n) is 3.78. The van der Waals surface area contributed by atoms with Gasteiger partial charge in [-0.3, -0.25) is 0 Å². The van der Waals surface area contributed by atoms with Crippen molar-refractivity contribution in [2.45, 2.75) is 45.3 Å². The van der Waals surface area contributed by atoms with Gasteiger partial charge in [0.1, 0.15) is 6.10 Å². The maximum absolute atomic E-state index is 5.26. The summed E-state index contributed by atoms with van der Waals surface area (Å²) in [6.07, 6.45) is 2.58. The molecule has 0 saturated carbocycles. The third kappa shape index (κ3) is 3.28. The first-order valence-corrected chi connectivity index (χ1v) is 5.77. The van der Waals surface area contributed by atoms with Gasteiger partial charge in [0.05, 0.1) is 0 Å². The number of hydrogen-bond acceptors (Lipinski definition) is 5. The fourth-order valence-electron chi connectivity index (χ4n) is 1.60. The Morgan fingerprint density at radius 2 is 2.12 bits per heavy atom. The lowest BCUT2D eigenvalue weighted by atomic mass is 10.1. The van der Waals surface area contributed by atoms with Crippen LogP contribution in [0.5, 0.6) is 0 Å². The zero-order valence-electron chi connectivity index (χ0n) is 10.5. The molecule has 2 atom stereocenters. The van der Waals surface area contributed by atoms with Gasteiger partial charge < -0.3 is 14.6 Å². The number of ether oxygens (including phenoxy) is 1. The Labute approximate surface area is 96.6 Å². The highest BCUT2D eigenvalue weighted by Crippen LogP contribution is 2.17. The van der Waals surface area contributed by atoms with Gasteiger partial charge in [0, 0.05) is 19.6 Å². The van der Waals surface area contributed by atoms with E-state index in [9.17, 15) is 0 Å². The SMILES string of the molecule is CCC(Cc1nc(C(CC)OC)no1)NC. The second kappa shape index (κ2) is 6.60. The van der Waals surface area contributed by atoms with Crippen LogP contribution in [-0.4, -0.2) is 30.3 Å². The van der Waals surface area contributed by atoms with Crippen molar-refractivity contribution in [1.82, 2.24) is 15.5 Å². The predicted octanol–water partition coefficient (Wildman–Crippen LogP) is 1.71. The molecule has 0 radical (unpaired) electrons. The average Bonchev–Trinajstić information content (AvgIpc) is 2.76. The number of nitrogens with one attached hydrogen (secondary N) is 1. The van der Waals surface area contributed by atoms with Crippen molar-refractivity contribution in [1.29, 1.82) is 0 Å². The predicted molar refractivity (Wildman–Crippen MR) is 61.2 cm³/mol. The number of nitrogens with zero attached hydrogens (tertiary/aromatic N) is 2. The van der Waals surface area contributed by atoms with Crippen LogP contribution in [0.25, 0.3) is 0 Å². The van der Waals surface area contributed by atoms with Crippen LogP contribution in [0.3, 0.4) is 0 Å². The Kier molecular flexibility index (Phi) is 5.42. The normalized spacial score (nSPS) is 15.0. The molecular weight excluding hydrogens is 206 g/mol. The molecule has 5 nitrogen and oxygen atoms in total. The van der Waals surface area contributed by atoms with Crippen molar-refractivity contribution in [3.63, 3.8) is 0 Å². The topological polar surface area (TPSA) is 60.2 Å². The van der Waals surface area contributed by atoms with Crippen LogP contribution in [0.4, 0.5) is 0 Å². The molecule has 0 aliphatic carbocycles. The summed E-state index contributed by atoms with van der Waals surface area (Å²) in [5, 5.41) is 7.15. The first kappa shape index (κ1) is 13.1. The molecule has 2 unspecified atom stereocenters. The van der Waals surface area contributed by atoms with Crippen LogP contribution in [0, 0.1) is 0 Å². The van der Waals surface area contributed by atoms with Gasteiger partial charge in [0.25, 0.3) is 0 Å². The van der Waals surface area contributed by atoms with Gasteiger partial charge in [0.15, 0.2) is 0 Å². The zero-order valence-corrected chi connectivity index (χ0v) is 10.5. The lowest BCUT2D eigenvalue weighted by Gasteiger charge is -2.09. The number of hydrogen-bond donors (Lipinski definition) is 1. The van der Waals surface area contributed by atoms with Gasteiger partial charge in [-0.05, 0) is 19.9 Å². The van der Waals surface area contributed by atoms with E-state index in [1.165, 1.54) is 0 Å². The van der Waals surface area contributed by atoms with Crippen molar-refractivity contribution in [3.05, 3.63) is 11.7 Å². The molecule has 1 rings (SSSR count). The molecule has 0 spiro atoms. The molecule has 0 fully saturated rings. The molecule has 0 bridgehead atoms. The quantitative estimate of drug-likeness (QED) is 0.768. The summed E-state index contributed by atoms with van der Waals surface area (Å²) < 4.78 is 10.5. The minimum Gasteiger partial charge on any atom is -0.373 e. The monoisotopic (exact) mass is 227 g/mol. The van der Waals surface area contributed by atoms with Crippen molar-refractivity contribution >= 4 is 0 Å². The summed E-state index contributed by atoms with van der Waals surface area (Å²) in [6.45, 7) is 4.16. The lowest BCUT2D eigenvalue weighted by molar-refractivity contribution is 0.0903. The maximum Gasteiger partial charge on any atom is 0.228 e. The molecule has 0 saturated heterocycles. The molecule has 92 valence electrons. The zero-order chi connectivity index (χ0) is 12.0. The highest BCUT2D eigenvalue weighted by atomic mass is 16.5. The third-order valence-corrected chi connectivity index (χ3v) is 2.75. The third-order valence-electron chi connectivity index (χ3n) is 2.75. The number of methoxy groups -OCH3 is 1. The Hall–Kier alpha value is -0.940. The van der Waals surface area contributed by atoms with Crippen LogP contribution in [0.2, 0.25) is 0 Å². The van der Waals surface area contributed by atoms with E-state index in [2.05, 4.69) is 22.4 Å². The van der Waals surface area contributed by atoms with Crippen molar-refractivity contribution in [2.24, 2.45) is 0 Å². The van der Waals surface area contributed by atoms with Gasteiger partial charge in [-0.25, -0.2) is 0 Å². The Bertz CT molecular complexity index is 293. The van der Waals surface area contributed by atoms with Crippen molar-refractivity contribution in [3.8, 4) is 0 Å². The fourth-order valence-corrected chi connectivity index (χ4v) is 1.60. The smallest absolute Gasteiger partial charge is 0.228 e. The first-order chi connectivity index (χ1) is 7.74. The van der Waals surface area contributed by atoms with Crippen LogP contribution in [-0.2, 0) is 11.2 Å². The van der Waals surface area contributed by atoms with Crippen LogP contribution < -0.4 is 5.32 Å². The van der Waals surface area contributed by atoms with Crippen LogP contribution in [0.1, 0.15) is 44.5 Å². The minimum absolute atomic E-state index is 0.0628. The molecule has 1 aromatic rings. The molecule has 1 N–H and O–H groups in total. The van der Waals surface area contributed by atoms with E-state index in [1.54, 1.807) is 7.11 Å². The van der Waals surface area contributed by atoms with Gasteiger partial charge in [-0.1, -0.05) is 19.0 Å². The minimum atomic E-state index is -0.0628. The molecule has 0 aliphatic rings. The molecule has 16 heavy (non-hydrogen) atoms. The summed E-state index contributed by atoms with van der Waals surface area (Å²) in [5.74, 6) is 1.32. The molecular formula is C11H21N3O2. The second-order valence-corrected chi connectivity index (χ2v) is 3.78. The van der Waals surface area contributed by atoms with E-state index >= 15 is 0 Å². The first-order valence-electron chi connectivity index (χ1n) is 5.77. The molecule has 5 heteroatoms. The standard InChI is InChI=1S/C11H21N3O2/c1-5-8(12-3)7-10-13-11(14-16-10)9(6-2)15-4/h8-9,12H,5-7H2,1-4H3. The fraction of sp³-hybridized carbons (Fsp3) is 0.818. The molecule has 0 aromatic carbocycles. The van der Waals surface area contributed by atoms with E-state index in [1.807, 2.05) is 14.0 Å². The van der Waals surface area contributed by atoms with Crippen LogP contribution >= 0.6 is 0 Å². The Balaban J connectivity index is 2.63. The van der Waals surface area contributed by atoms with Gasteiger partial charge >= 0.3 is 0 Å². The molecule has 0 aliphatic heterocycles. The number of likely N-dealkylation sites (N-methyl/N-ethyl adjacent to an activating group) is 1. The molecule has 1 heterocycles. The van der Waals surface area contributed by atoms with E-state index < -0.39 is 0 Å². The maximum atomic E-state index is 5.26. The summed E-state index contributed by atoms with van der Waals surface area (Å²) in [5.41, 5.74) is 0. The summed E-state index contributed by atoms with van der Waals surface area (Å²) in [6, 6.07) is 0.385. The Morgan fingerprint density at radius 1 is 1.38 bits per heavy atom. The summed E-state index contributed by atoms with van der Waals surface area (Å²) in [7, 11) is 3.60. The average molecular weight is 227 g/mol. The van der Waals surface area contributed by atoms with Crippen LogP contribution in [0.15, 0.2) is 4.52 Å². The number of rotatable bonds is 7.